The number of rotatable bonds is 5. The molecule has 0 amide bonds. The van der Waals surface area contributed by atoms with Gasteiger partial charge in [-0.1, -0.05) is 6.07 Å². The Morgan fingerprint density at radius 2 is 1.90 bits per heavy atom. The second kappa shape index (κ2) is 8.05. The molecule has 31 heavy (non-hydrogen) atoms. The Kier molecular flexibility index (Phi) is 5.64. The summed E-state index contributed by atoms with van der Waals surface area (Å²) in [6.45, 7) is 3.18. The molecule has 9 nitrogen and oxygen atoms in total. The fourth-order valence-electron chi connectivity index (χ4n) is 2.93. The monoisotopic (exact) mass is 434 g/mol. The van der Waals surface area contributed by atoms with E-state index in [9.17, 15) is 23.3 Å². The van der Waals surface area contributed by atoms with Gasteiger partial charge in [0.25, 0.3) is 5.69 Å². The highest BCUT2D eigenvalue weighted by Gasteiger charge is 2.40. The van der Waals surface area contributed by atoms with E-state index in [1.165, 1.54) is 37.6 Å². The smallest absolute Gasteiger partial charge is 0.422 e. The third-order valence-corrected chi connectivity index (χ3v) is 4.36. The van der Waals surface area contributed by atoms with E-state index in [1.54, 1.807) is 13.8 Å². The molecule has 0 aliphatic carbocycles. The van der Waals surface area contributed by atoms with Crippen LogP contribution in [0.15, 0.2) is 30.5 Å². The van der Waals surface area contributed by atoms with Crippen molar-refractivity contribution >= 4 is 23.1 Å². The van der Waals surface area contributed by atoms with Crippen molar-refractivity contribution < 1.29 is 22.8 Å². The number of nitrogens with two attached hydrogens (primary N) is 1. The highest BCUT2D eigenvalue weighted by atomic mass is 19.4. The number of methoxy groups -OCH3 is 1. The molecular formula is C19H17F3N6O3. The first-order chi connectivity index (χ1) is 14.5. The van der Waals surface area contributed by atoms with E-state index >= 15 is 0 Å². The number of aryl methyl sites for hydroxylation is 2. The first-order valence-corrected chi connectivity index (χ1v) is 8.79. The molecule has 0 aliphatic rings. The average Bonchev–Trinajstić information content (AvgIpc) is 2.68. The molecule has 0 radical (unpaired) electrons. The van der Waals surface area contributed by atoms with Crippen molar-refractivity contribution in [2.24, 2.45) is 0 Å². The third kappa shape index (κ3) is 4.47. The molecule has 162 valence electrons. The number of benzene rings is 1. The van der Waals surface area contributed by atoms with Crippen LogP contribution in [0, 0.1) is 24.0 Å². The minimum Gasteiger partial charge on any atom is -0.481 e. The summed E-state index contributed by atoms with van der Waals surface area (Å²) in [7, 11) is 1.32. The van der Waals surface area contributed by atoms with E-state index in [0.29, 0.717) is 11.1 Å². The van der Waals surface area contributed by atoms with Gasteiger partial charge < -0.3 is 15.8 Å². The zero-order valence-corrected chi connectivity index (χ0v) is 16.6. The van der Waals surface area contributed by atoms with Crippen LogP contribution in [-0.2, 0) is 6.18 Å². The number of halogens is 3. The zero-order chi connectivity index (χ0) is 22.9. The SMILES string of the molecule is COc1cc(-c2nc(N)nc(Nc3ccc(C)cc3[N+](=O)[O-])c2C(F)(F)F)c(C)cn1. The van der Waals surface area contributed by atoms with Gasteiger partial charge in [0.2, 0.25) is 11.8 Å². The minimum absolute atomic E-state index is 0.0783. The van der Waals surface area contributed by atoms with Crippen molar-refractivity contribution in [1.29, 1.82) is 0 Å². The number of alkyl halides is 3. The van der Waals surface area contributed by atoms with Crippen molar-refractivity contribution in [3.63, 3.8) is 0 Å². The Bertz CT molecular complexity index is 1170. The van der Waals surface area contributed by atoms with E-state index in [1.807, 2.05) is 0 Å². The molecule has 0 spiro atoms. The summed E-state index contributed by atoms with van der Waals surface area (Å²) in [6, 6.07) is 5.35. The maximum absolute atomic E-state index is 14.1. The minimum atomic E-state index is -4.91. The van der Waals surface area contributed by atoms with Crippen molar-refractivity contribution in [2.45, 2.75) is 20.0 Å². The maximum Gasteiger partial charge on any atom is 0.422 e. The number of nitro benzene ring substituents is 1. The Morgan fingerprint density at radius 1 is 1.19 bits per heavy atom. The van der Waals surface area contributed by atoms with E-state index in [0.717, 1.165) is 0 Å². The summed E-state index contributed by atoms with van der Waals surface area (Å²) in [6.07, 6.45) is -3.57. The topological polar surface area (TPSA) is 129 Å². The maximum atomic E-state index is 14.1. The zero-order valence-electron chi connectivity index (χ0n) is 16.6. The van der Waals surface area contributed by atoms with Crippen LogP contribution >= 0.6 is 0 Å². The first-order valence-electron chi connectivity index (χ1n) is 8.79. The quantitative estimate of drug-likeness (QED) is 0.446. The van der Waals surface area contributed by atoms with Gasteiger partial charge in [-0.3, -0.25) is 10.1 Å². The summed E-state index contributed by atoms with van der Waals surface area (Å²) in [4.78, 5) is 22.1. The predicted molar refractivity (Wildman–Crippen MR) is 107 cm³/mol. The van der Waals surface area contributed by atoms with E-state index in [4.69, 9.17) is 10.5 Å². The van der Waals surface area contributed by atoms with E-state index in [2.05, 4.69) is 20.3 Å². The highest BCUT2D eigenvalue weighted by molar-refractivity contribution is 5.78. The third-order valence-electron chi connectivity index (χ3n) is 4.36. The molecule has 0 atom stereocenters. The Labute approximate surface area is 174 Å². The number of nitrogen functional groups attached to an aromatic ring is 1. The lowest BCUT2D eigenvalue weighted by Gasteiger charge is -2.19. The largest absolute Gasteiger partial charge is 0.481 e. The Hall–Kier alpha value is -3.96. The van der Waals surface area contributed by atoms with Gasteiger partial charge in [-0.05, 0) is 31.0 Å². The van der Waals surface area contributed by atoms with Crippen LogP contribution in [0.2, 0.25) is 0 Å². The number of pyridine rings is 1. The van der Waals surface area contributed by atoms with Crippen LogP contribution in [0.4, 0.5) is 36.3 Å². The van der Waals surface area contributed by atoms with Gasteiger partial charge in [-0.25, -0.2) is 9.97 Å². The van der Waals surface area contributed by atoms with Crippen LogP contribution < -0.4 is 15.8 Å². The number of nitrogens with zero attached hydrogens (tertiary/aromatic N) is 4. The standard InChI is InChI=1S/C19H17F3N6O3/c1-9-4-5-12(13(6-9)28(29)30)25-17-15(19(20,21)22)16(26-18(23)27-17)11-7-14(31-3)24-8-10(11)2/h4-8H,1-3H3,(H3,23,25,26,27). The van der Waals surface area contributed by atoms with Gasteiger partial charge in [0.05, 0.1) is 17.7 Å². The Balaban J connectivity index is 2.28. The second-order valence-electron chi connectivity index (χ2n) is 6.60. The number of nitro groups is 1. The van der Waals surface area contributed by atoms with Crippen LogP contribution in [-0.4, -0.2) is 27.0 Å². The van der Waals surface area contributed by atoms with Crippen LogP contribution in [0.25, 0.3) is 11.3 Å². The normalized spacial score (nSPS) is 11.3. The van der Waals surface area contributed by atoms with Crippen molar-refractivity contribution in [3.8, 4) is 17.1 Å². The van der Waals surface area contributed by atoms with Gasteiger partial charge >= 0.3 is 6.18 Å². The molecule has 0 saturated carbocycles. The number of anilines is 3. The summed E-state index contributed by atoms with van der Waals surface area (Å²) in [5.41, 5.74) is 4.41. The van der Waals surface area contributed by atoms with Gasteiger partial charge in [0.1, 0.15) is 17.1 Å². The number of ether oxygens (including phenoxy) is 1. The van der Waals surface area contributed by atoms with Gasteiger partial charge in [0, 0.05) is 23.9 Å². The van der Waals surface area contributed by atoms with E-state index in [-0.39, 0.29) is 17.1 Å². The number of nitrogens with one attached hydrogen (secondary N) is 1. The van der Waals surface area contributed by atoms with Crippen molar-refractivity contribution in [3.05, 3.63) is 57.3 Å². The second-order valence-corrected chi connectivity index (χ2v) is 6.60. The summed E-state index contributed by atoms with van der Waals surface area (Å²) in [5, 5.41) is 13.8. The fraction of sp³-hybridized carbons (Fsp3) is 0.211. The van der Waals surface area contributed by atoms with E-state index < -0.39 is 39.8 Å². The average molecular weight is 434 g/mol. The molecule has 3 rings (SSSR count). The molecule has 2 aromatic heterocycles. The lowest BCUT2D eigenvalue weighted by molar-refractivity contribution is -0.384. The molecule has 3 aromatic rings. The van der Waals surface area contributed by atoms with Crippen molar-refractivity contribution in [1.82, 2.24) is 15.0 Å². The summed E-state index contributed by atoms with van der Waals surface area (Å²) >= 11 is 0. The lowest BCUT2D eigenvalue weighted by atomic mass is 10.0. The molecule has 3 N–H and O–H groups in total. The molecule has 2 heterocycles. The fourth-order valence-corrected chi connectivity index (χ4v) is 2.93. The molecule has 0 fully saturated rings. The number of hydrogen-bond acceptors (Lipinski definition) is 8. The lowest BCUT2D eigenvalue weighted by Crippen LogP contribution is -2.16. The number of aromatic nitrogens is 3. The van der Waals surface area contributed by atoms with Gasteiger partial charge in [0.15, 0.2) is 0 Å². The molecule has 1 aromatic carbocycles. The highest BCUT2D eigenvalue weighted by Crippen LogP contribution is 2.43. The van der Waals surface area contributed by atoms with Gasteiger partial charge in [-0.15, -0.1) is 0 Å². The summed E-state index contributed by atoms with van der Waals surface area (Å²) < 4.78 is 47.4. The number of hydrogen-bond donors (Lipinski definition) is 2. The molecule has 0 aliphatic heterocycles. The van der Waals surface area contributed by atoms with Crippen LogP contribution in [0.1, 0.15) is 16.7 Å². The summed E-state index contributed by atoms with van der Waals surface area (Å²) in [5.74, 6) is -1.08. The molecule has 0 bridgehead atoms. The predicted octanol–water partition coefficient (Wildman–Crippen LogP) is 4.42. The van der Waals surface area contributed by atoms with Crippen LogP contribution in [0.5, 0.6) is 5.88 Å². The Morgan fingerprint density at radius 3 is 2.52 bits per heavy atom. The van der Waals surface area contributed by atoms with Gasteiger partial charge in [-0.2, -0.15) is 18.2 Å². The molecule has 0 unspecified atom stereocenters. The first kappa shape index (κ1) is 21.7. The van der Waals surface area contributed by atoms with Crippen LogP contribution in [0.3, 0.4) is 0 Å². The molecule has 12 heteroatoms. The molecular weight excluding hydrogens is 417 g/mol. The molecule has 0 saturated heterocycles. The van der Waals surface area contributed by atoms with Crippen molar-refractivity contribution in [2.75, 3.05) is 18.2 Å².